The van der Waals surface area contributed by atoms with Crippen LogP contribution in [0.3, 0.4) is 0 Å². The topological polar surface area (TPSA) is 0 Å². The molecule has 0 saturated carbocycles. The van der Waals surface area contributed by atoms with E-state index in [1.807, 2.05) is 30.3 Å². The summed E-state index contributed by atoms with van der Waals surface area (Å²) in [5.74, 6) is 0. The maximum atomic E-state index is 3.62. The van der Waals surface area contributed by atoms with Gasteiger partial charge in [0.05, 0.1) is 0 Å². The van der Waals surface area contributed by atoms with Gasteiger partial charge in [0.15, 0.2) is 0 Å². The predicted octanol–water partition coefficient (Wildman–Crippen LogP) is 4.40. The van der Waals surface area contributed by atoms with Gasteiger partial charge >= 0.3 is 41.3 Å². The molecule has 5 aromatic rings. The average molecular weight is 671 g/mol. The third-order valence-corrected chi connectivity index (χ3v) is 7.28. The van der Waals surface area contributed by atoms with E-state index in [2.05, 4.69) is 116 Å². The minimum absolute atomic E-state index is 0. The second kappa shape index (κ2) is 15.9. The van der Waals surface area contributed by atoms with Crippen molar-refractivity contribution in [3.8, 4) is 33.4 Å². The van der Waals surface area contributed by atoms with Gasteiger partial charge in [-0.25, -0.2) is 12.1 Å². The van der Waals surface area contributed by atoms with Crippen molar-refractivity contribution in [2.24, 2.45) is 0 Å². The molecule has 0 spiro atoms. The number of hydrogen-bond donors (Lipinski definition) is 0. The maximum absolute atomic E-state index is 3.62. The van der Waals surface area contributed by atoms with Crippen LogP contribution in [0.5, 0.6) is 0 Å². The molecule has 0 atom stereocenters. The summed E-state index contributed by atoms with van der Waals surface area (Å²) in [6.45, 7) is 17.5. The second-order valence-corrected chi connectivity index (χ2v) is 13.8. The van der Waals surface area contributed by atoms with E-state index in [4.69, 9.17) is 0 Å². The first-order valence-electron chi connectivity index (χ1n) is 14.1. The van der Waals surface area contributed by atoms with Gasteiger partial charge < -0.3 is 24.8 Å². The Morgan fingerprint density at radius 1 is 0.667 bits per heavy atom. The van der Waals surface area contributed by atoms with Crippen molar-refractivity contribution in [3.05, 3.63) is 136 Å². The number of benzene rings is 4. The summed E-state index contributed by atoms with van der Waals surface area (Å²) in [4.78, 5) is 0. The summed E-state index contributed by atoms with van der Waals surface area (Å²) in [7, 11) is 0. The molecule has 216 valence electrons. The molecule has 0 fully saturated rings. The van der Waals surface area contributed by atoms with Crippen LogP contribution < -0.4 is 24.8 Å². The first-order chi connectivity index (χ1) is 19.0. The summed E-state index contributed by atoms with van der Waals surface area (Å²) in [5.41, 5.74) is 18.8. The first kappa shape index (κ1) is 35.8. The SMILES string of the molecule is C[C](C)=[Zr+2].Cc1cc(C)c(-c2c[c-]c3c(c2)-c2cc(-c4c(C)cc(C)cc4C)ccc2C3)c(C)c1.[Cl-].[Cl-].c1cc[cH-]c1. The van der Waals surface area contributed by atoms with E-state index in [0.717, 1.165) is 6.42 Å². The Morgan fingerprint density at radius 2 is 1.12 bits per heavy atom. The van der Waals surface area contributed by atoms with Gasteiger partial charge in [-0.1, -0.05) is 81.4 Å². The van der Waals surface area contributed by atoms with E-state index in [1.165, 1.54) is 81.1 Å². The van der Waals surface area contributed by atoms with Gasteiger partial charge in [-0.2, -0.15) is 42.0 Å². The van der Waals surface area contributed by atoms with Crippen molar-refractivity contribution in [2.75, 3.05) is 0 Å². The van der Waals surface area contributed by atoms with E-state index in [0.29, 0.717) is 0 Å². The summed E-state index contributed by atoms with van der Waals surface area (Å²) >= 11 is 1.55. The Labute approximate surface area is 281 Å². The molecule has 0 amide bonds. The Morgan fingerprint density at radius 3 is 1.57 bits per heavy atom. The Kier molecular flexibility index (Phi) is 13.5. The fourth-order valence-electron chi connectivity index (χ4n) is 5.98. The van der Waals surface area contributed by atoms with Crippen LogP contribution in [0.25, 0.3) is 33.4 Å². The van der Waals surface area contributed by atoms with Crippen LogP contribution in [0.15, 0.2) is 84.9 Å². The van der Waals surface area contributed by atoms with Crippen LogP contribution >= 0.6 is 0 Å². The van der Waals surface area contributed by atoms with Crippen molar-refractivity contribution in [1.82, 2.24) is 0 Å². The van der Waals surface area contributed by atoms with Gasteiger partial charge in [-0.05, 0) is 70.2 Å². The molecule has 6 rings (SSSR count). The predicted molar refractivity (Wildman–Crippen MR) is 171 cm³/mol. The van der Waals surface area contributed by atoms with Crippen LogP contribution in [0, 0.1) is 47.6 Å². The van der Waals surface area contributed by atoms with Gasteiger partial charge in [0.25, 0.3) is 0 Å². The first-order valence-corrected chi connectivity index (χ1v) is 15.3. The molecular weight excluding hydrogens is 631 g/mol. The van der Waals surface area contributed by atoms with Gasteiger partial charge in [0, 0.05) is 0 Å². The molecule has 0 N–H and O–H groups in total. The molecule has 0 heterocycles. The van der Waals surface area contributed by atoms with E-state index in [-0.39, 0.29) is 24.8 Å². The monoisotopic (exact) mass is 668 g/mol. The number of aryl methyl sites for hydroxylation is 6. The van der Waals surface area contributed by atoms with Gasteiger partial charge in [-0.15, -0.1) is 11.1 Å². The van der Waals surface area contributed by atoms with Gasteiger partial charge in [0.1, 0.15) is 0 Å². The third kappa shape index (κ3) is 8.57. The molecule has 3 heteroatoms. The molecular formula is C39H40Cl2Zr-2. The van der Waals surface area contributed by atoms with Crippen LogP contribution in [-0.4, -0.2) is 3.21 Å². The Hall–Kier alpha value is -2.44. The fourth-order valence-corrected chi connectivity index (χ4v) is 5.98. The number of hydrogen-bond acceptors (Lipinski definition) is 0. The normalized spacial score (nSPS) is 10.5. The molecule has 5 aromatic carbocycles. The molecule has 1 aliphatic rings. The smallest absolute Gasteiger partial charge is 0.0125 e. The minimum atomic E-state index is 0. The number of halogens is 2. The van der Waals surface area contributed by atoms with Crippen molar-refractivity contribution in [1.29, 1.82) is 0 Å². The van der Waals surface area contributed by atoms with Crippen molar-refractivity contribution >= 4 is 3.21 Å². The van der Waals surface area contributed by atoms with E-state index >= 15 is 0 Å². The van der Waals surface area contributed by atoms with Gasteiger partial charge in [0.2, 0.25) is 0 Å². The zero-order valence-electron chi connectivity index (χ0n) is 26.0. The molecule has 42 heavy (non-hydrogen) atoms. The zero-order chi connectivity index (χ0) is 29.0. The summed E-state index contributed by atoms with van der Waals surface area (Å²) in [6.07, 6.45) is 0.975. The number of fused-ring (bicyclic) bond motifs is 3. The minimum Gasteiger partial charge on any atom is -1.00 e. The van der Waals surface area contributed by atoms with E-state index in [9.17, 15) is 0 Å². The fraction of sp³-hybridized carbons (Fsp3) is 0.231. The molecule has 0 unspecified atom stereocenters. The zero-order valence-corrected chi connectivity index (χ0v) is 30.0. The van der Waals surface area contributed by atoms with Crippen molar-refractivity contribution < 1.29 is 49.0 Å². The molecule has 0 aliphatic heterocycles. The summed E-state index contributed by atoms with van der Waals surface area (Å²) in [5, 5.41) is 0. The second-order valence-electron chi connectivity index (χ2n) is 11.3. The molecule has 0 radical (unpaired) electrons. The quantitative estimate of drug-likeness (QED) is 0.240. The van der Waals surface area contributed by atoms with Crippen LogP contribution in [0.4, 0.5) is 0 Å². The Bertz CT molecular complexity index is 1490. The van der Waals surface area contributed by atoms with Crippen molar-refractivity contribution in [2.45, 2.75) is 61.8 Å². The third-order valence-electron chi connectivity index (χ3n) is 7.28. The van der Waals surface area contributed by atoms with Crippen LogP contribution in [0.2, 0.25) is 0 Å². The summed E-state index contributed by atoms with van der Waals surface area (Å²) in [6, 6.07) is 34.4. The molecule has 0 nitrogen and oxygen atoms in total. The van der Waals surface area contributed by atoms with Crippen LogP contribution in [-0.2, 0) is 30.7 Å². The van der Waals surface area contributed by atoms with Gasteiger partial charge in [-0.3, -0.25) is 0 Å². The molecule has 1 aliphatic carbocycles. The number of rotatable bonds is 2. The van der Waals surface area contributed by atoms with E-state index < -0.39 is 0 Å². The van der Waals surface area contributed by atoms with Crippen molar-refractivity contribution in [3.63, 3.8) is 0 Å². The van der Waals surface area contributed by atoms with Crippen LogP contribution in [0.1, 0.15) is 58.4 Å². The average Bonchev–Trinajstić information content (AvgIpc) is 3.54. The summed E-state index contributed by atoms with van der Waals surface area (Å²) < 4.78 is 1.51. The molecule has 0 aromatic heterocycles. The standard InChI is InChI=1S/C31H29.C5H5.C3H6.2ClH.Zr/c1-18-11-20(3)30(21(4)12-18)26-9-7-24-15-25-8-10-27(17-29(25)28(24)16-26)31-22(5)13-19(2)14-23(31)6;1-2-4-5-3-1;1-3-2;;;/h7,9-14,16-17H,15H2,1-6H3;1-5H;1-2H3;2*1H;/q2*-1;;;;+2/p-2. The maximum Gasteiger partial charge on any atom is -0.0125 e. The Balaban J connectivity index is 0.000000487. The largest absolute Gasteiger partial charge is 1.00 e. The molecule has 0 bridgehead atoms. The molecule has 0 saturated heterocycles. The van der Waals surface area contributed by atoms with E-state index in [1.54, 1.807) is 24.2 Å².